The van der Waals surface area contributed by atoms with E-state index in [1.807, 2.05) is 0 Å². The van der Waals surface area contributed by atoms with Crippen molar-refractivity contribution in [2.24, 2.45) is 0 Å². The minimum atomic E-state index is -0.611. The highest BCUT2D eigenvalue weighted by molar-refractivity contribution is 9.10. The number of halogens is 1. The number of carbonyl (C=O) groups excluding carboxylic acids is 1. The summed E-state index contributed by atoms with van der Waals surface area (Å²) in [7, 11) is 1.51. The molecule has 7 heteroatoms. The van der Waals surface area contributed by atoms with Crippen LogP contribution in [-0.4, -0.2) is 18.0 Å². The number of nitrogens with zero attached hydrogens (tertiary/aromatic N) is 1. The van der Waals surface area contributed by atoms with Crippen molar-refractivity contribution in [1.29, 1.82) is 0 Å². The number of nitrogens with one attached hydrogen (secondary N) is 1. The van der Waals surface area contributed by atoms with E-state index in [0.717, 1.165) is 10.5 Å². The Hall–Kier alpha value is -2.67. The first kappa shape index (κ1) is 15.2. The van der Waals surface area contributed by atoms with Gasteiger partial charge in [-0.1, -0.05) is 0 Å². The molecule has 0 saturated carbocycles. The molecule has 3 aromatic rings. The molecule has 0 aliphatic rings. The molecule has 0 aliphatic heterocycles. The van der Waals surface area contributed by atoms with Gasteiger partial charge < -0.3 is 14.5 Å². The minimum absolute atomic E-state index is 0.212. The van der Waals surface area contributed by atoms with E-state index < -0.39 is 11.5 Å². The van der Waals surface area contributed by atoms with Gasteiger partial charge >= 0.3 is 5.63 Å². The molecule has 0 radical (unpaired) electrons. The monoisotopic (exact) mass is 374 g/mol. The van der Waals surface area contributed by atoms with Crippen molar-refractivity contribution >= 4 is 38.6 Å². The summed E-state index contributed by atoms with van der Waals surface area (Å²) < 4.78 is 11.0. The highest BCUT2D eigenvalue weighted by Gasteiger charge is 2.14. The molecule has 0 saturated heterocycles. The zero-order valence-electron chi connectivity index (χ0n) is 12.0. The molecule has 2 aromatic heterocycles. The summed E-state index contributed by atoms with van der Waals surface area (Å²) in [5.41, 5.74) is -0.117. The molecule has 0 aliphatic carbocycles. The average Bonchev–Trinajstić information content (AvgIpc) is 2.55. The predicted molar refractivity (Wildman–Crippen MR) is 88.9 cm³/mol. The van der Waals surface area contributed by atoms with Gasteiger partial charge in [0.25, 0.3) is 5.91 Å². The molecule has 0 bridgehead atoms. The number of ether oxygens (including phenoxy) is 1. The van der Waals surface area contributed by atoms with Crippen LogP contribution in [0.4, 0.5) is 5.82 Å². The molecule has 0 spiro atoms. The van der Waals surface area contributed by atoms with Crippen LogP contribution in [0, 0.1) is 0 Å². The van der Waals surface area contributed by atoms with Crippen LogP contribution < -0.4 is 15.7 Å². The van der Waals surface area contributed by atoms with Crippen molar-refractivity contribution in [3.05, 3.63) is 63.1 Å². The Morgan fingerprint density at radius 2 is 2.09 bits per heavy atom. The van der Waals surface area contributed by atoms with Crippen molar-refractivity contribution in [1.82, 2.24) is 4.98 Å². The molecule has 1 aromatic carbocycles. The summed E-state index contributed by atoms with van der Waals surface area (Å²) in [6.45, 7) is 0. The van der Waals surface area contributed by atoms with E-state index in [4.69, 9.17) is 9.15 Å². The number of anilines is 1. The maximum absolute atomic E-state index is 12.4. The smallest absolute Gasteiger partial charge is 0.337 e. The predicted octanol–water partition coefficient (Wildman–Crippen LogP) is 3.21. The first-order valence-electron chi connectivity index (χ1n) is 6.61. The third kappa shape index (κ3) is 3.24. The van der Waals surface area contributed by atoms with Crippen molar-refractivity contribution in [3.63, 3.8) is 0 Å². The number of pyridine rings is 1. The van der Waals surface area contributed by atoms with Crippen LogP contribution in [0.15, 0.2) is 56.3 Å². The second-order valence-electron chi connectivity index (χ2n) is 4.66. The van der Waals surface area contributed by atoms with E-state index in [1.54, 1.807) is 36.5 Å². The third-order valence-electron chi connectivity index (χ3n) is 3.17. The number of hydrogen-bond donors (Lipinski definition) is 1. The molecule has 1 N–H and O–H groups in total. The van der Waals surface area contributed by atoms with Crippen molar-refractivity contribution in [2.75, 3.05) is 12.4 Å². The number of aromatic nitrogens is 1. The molecule has 116 valence electrons. The lowest BCUT2D eigenvalue weighted by molar-refractivity contribution is 0.102. The van der Waals surface area contributed by atoms with Gasteiger partial charge in [0.05, 0.1) is 12.7 Å². The average molecular weight is 375 g/mol. The first-order valence-corrected chi connectivity index (χ1v) is 7.41. The largest absolute Gasteiger partial charge is 0.497 e. The van der Waals surface area contributed by atoms with Crippen LogP contribution in [0.1, 0.15) is 10.4 Å². The van der Waals surface area contributed by atoms with E-state index in [1.165, 1.54) is 7.11 Å². The lowest BCUT2D eigenvalue weighted by atomic mass is 10.1. The fourth-order valence-corrected chi connectivity index (χ4v) is 2.33. The fraction of sp³-hybridized carbons (Fsp3) is 0.0625. The number of hydrogen-bond acceptors (Lipinski definition) is 5. The Labute approximate surface area is 139 Å². The first-order chi connectivity index (χ1) is 11.1. The van der Waals surface area contributed by atoms with Crippen LogP contribution in [0.25, 0.3) is 11.0 Å². The van der Waals surface area contributed by atoms with Crippen molar-refractivity contribution in [2.45, 2.75) is 0 Å². The molecule has 23 heavy (non-hydrogen) atoms. The van der Waals surface area contributed by atoms with E-state index >= 15 is 0 Å². The topological polar surface area (TPSA) is 81.4 Å². The Balaban J connectivity index is 2.02. The lowest BCUT2D eigenvalue weighted by Gasteiger charge is -2.07. The van der Waals surface area contributed by atoms with Gasteiger partial charge in [-0.05, 0) is 40.2 Å². The Morgan fingerprint density at radius 3 is 2.78 bits per heavy atom. The van der Waals surface area contributed by atoms with Gasteiger partial charge in [0.2, 0.25) is 0 Å². The fourth-order valence-electron chi connectivity index (χ4n) is 2.09. The van der Waals surface area contributed by atoms with Crippen LogP contribution in [0.5, 0.6) is 5.75 Å². The van der Waals surface area contributed by atoms with Crippen LogP contribution >= 0.6 is 15.9 Å². The summed E-state index contributed by atoms with van der Waals surface area (Å²) in [4.78, 5) is 28.2. The summed E-state index contributed by atoms with van der Waals surface area (Å²) in [6.07, 6.45) is 1.57. The number of rotatable bonds is 3. The standard InChI is InChI=1S/C16H11BrN2O4/c1-22-10-3-4-11-12(7-15(20)23-13(11)6-10)16(21)19-14-5-2-9(17)8-18-14/h2-8H,1H3,(H,18,19,21). The number of benzene rings is 1. The Kier molecular flexibility index (Phi) is 4.12. The van der Waals surface area contributed by atoms with Gasteiger partial charge in [-0.25, -0.2) is 9.78 Å². The second kappa shape index (κ2) is 6.21. The quantitative estimate of drug-likeness (QED) is 0.711. The number of fused-ring (bicyclic) bond motifs is 1. The second-order valence-corrected chi connectivity index (χ2v) is 5.57. The van der Waals surface area contributed by atoms with Gasteiger partial charge in [0.1, 0.15) is 17.2 Å². The van der Waals surface area contributed by atoms with Crippen molar-refractivity contribution < 1.29 is 13.9 Å². The molecular formula is C16H11BrN2O4. The Bertz CT molecular complexity index is 935. The maximum Gasteiger partial charge on any atom is 0.337 e. The molecule has 2 heterocycles. The van der Waals surface area contributed by atoms with Gasteiger partial charge in [0, 0.05) is 28.2 Å². The summed E-state index contributed by atoms with van der Waals surface area (Å²) in [5, 5.41) is 3.16. The summed E-state index contributed by atoms with van der Waals surface area (Å²) in [5.74, 6) is 0.476. The highest BCUT2D eigenvalue weighted by atomic mass is 79.9. The summed E-state index contributed by atoms with van der Waals surface area (Å²) >= 11 is 3.27. The van der Waals surface area contributed by atoms with Crippen molar-refractivity contribution in [3.8, 4) is 5.75 Å². The van der Waals surface area contributed by atoms with Gasteiger partial charge in [0.15, 0.2) is 0 Å². The van der Waals surface area contributed by atoms with E-state index in [-0.39, 0.29) is 11.1 Å². The zero-order chi connectivity index (χ0) is 16.4. The van der Waals surface area contributed by atoms with E-state index in [0.29, 0.717) is 17.0 Å². The Morgan fingerprint density at radius 1 is 1.26 bits per heavy atom. The third-order valence-corrected chi connectivity index (χ3v) is 3.63. The van der Waals surface area contributed by atoms with Crippen LogP contribution in [0.2, 0.25) is 0 Å². The van der Waals surface area contributed by atoms with E-state index in [9.17, 15) is 9.59 Å². The van der Waals surface area contributed by atoms with Crippen LogP contribution in [0.3, 0.4) is 0 Å². The normalized spacial score (nSPS) is 10.5. The number of carbonyl (C=O) groups is 1. The van der Waals surface area contributed by atoms with Gasteiger partial charge in [-0.2, -0.15) is 0 Å². The van der Waals surface area contributed by atoms with Gasteiger partial charge in [-0.15, -0.1) is 0 Å². The van der Waals surface area contributed by atoms with E-state index in [2.05, 4.69) is 26.2 Å². The zero-order valence-corrected chi connectivity index (χ0v) is 13.6. The summed E-state index contributed by atoms with van der Waals surface area (Å²) in [6, 6.07) is 9.48. The van der Waals surface area contributed by atoms with Crippen LogP contribution in [-0.2, 0) is 0 Å². The van der Waals surface area contributed by atoms with Gasteiger partial charge in [-0.3, -0.25) is 4.79 Å². The number of methoxy groups -OCH3 is 1. The molecule has 1 amide bonds. The lowest BCUT2D eigenvalue weighted by Crippen LogP contribution is -2.15. The molecule has 0 atom stereocenters. The molecule has 3 rings (SSSR count). The molecular weight excluding hydrogens is 364 g/mol. The maximum atomic E-state index is 12.4. The molecule has 6 nitrogen and oxygen atoms in total. The SMILES string of the molecule is COc1ccc2c(C(=O)Nc3ccc(Br)cn3)cc(=O)oc2c1. The molecule has 0 unspecified atom stereocenters. The molecule has 0 fully saturated rings. The number of amides is 1. The minimum Gasteiger partial charge on any atom is -0.497 e. The highest BCUT2D eigenvalue weighted by Crippen LogP contribution is 2.23.